The molecule has 2 saturated heterocycles. The molecule has 2 aliphatic heterocycles. The zero-order chi connectivity index (χ0) is 28.7. The number of likely N-dealkylation sites (tertiary alicyclic amines) is 1. The lowest BCUT2D eigenvalue weighted by molar-refractivity contribution is -0.141. The maximum atomic E-state index is 14.0. The maximum absolute atomic E-state index is 14.0. The number of sulfonamides is 1. The molecule has 0 spiro atoms. The highest BCUT2D eigenvalue weighted by atomic mass is 32.2. The van der Waals surface area contributed by atoms with Crippen LogP contribution in [0.2, 0.25) is 0 Å². The second-order valence-corrected chi connectivity index (χ2v) is 13.5. The lowest BCUT2D eigenvalue weighted by Crippen LogP contribution is -2.59. The van der Waals surface area contributed by atoms with Gasteiger partial charge in [0, 0.05) is 24.5 Å². The molecule has 12 heteroatoms. The van der Waals surface area contributed by atoms with E-state index in [2.05, 4.69) is 20.9 Å². The molecule has 212 valence electrons. The molecular weight excluding hydrogens is 520 g/mol. The number of likely N-dealkylation sites (N-methyl/N-ethyl adjacent to an activating group) is 1. The van der Waals surface area contributed by atoms with Crippen LogP contribution in [0.5, 0.6) is 0 Å². The molecular formula is C27H38N6O5S. The van der Waals surface area contributed by atoms with E-state index in [9.17, 15) is 22.8 Å². The number of hydrogen-bond acceptors (Lipinski definition) is 7. The van der Waals surface area contributed by atoms with Gasteiger partial charge in [-0.25, -0.2) is 8.42 Å². The van der Waals surface area contributed by atoms with Crippen molar-refractivity contribution < 1.29 is 22.8 Å². The average molecular weight is 559 g/mol. The van der Waals surface area contributed by atoms with Crippen LogP contribution in [0.25, 0.3) is 10.9 Å². The van der Waals surface area contributed by atoms with E-state index in [1.54, 1.807) is 25.1 Å². The molecule has 3 heterocycles. The van der Waals surface area contributed by atoms with Crippen molar-refractivity contribution in [1.29, 1.82) is 0 Å². The second kappa shape index (κ2) is 10.8. The van der Waals surface area contributed by atoms with Gasteiger partial charge >= 0.3 is 0 Å². The minimum Gasteiger partial charge on any atom is -0.342 e. The van der Waals surface area contributed by atoms with Gasteiger partial charge in [0.15, 0.2) is 0 Å². The normalized spacial score (nSPS) is 23.3. The zero-order valence-electron chi connectivity index (χ0n) is 23.3. The van der Waals surface area contributed by atoms with E-state index in [1.165, 1.54) is 4.31 Å². The summed E-state index contributed by atoms with van der Waals surface area (Å²) in [6.07, 6.45) is 3.09. The molecule has 1 aromatic heterocycles. The highest BCUT2D eigenvalue weighted by molar-refractivity contribution is 7.88. The Kier molecular flexibility index (Phi) is 8.02. The SMILES string of the molecule is CNC(C)C(=O)NC(C(=O)N1CCC2C1C(C(=O)Nc1cnc3ccccc3c1)CN2S(C)(=O)=O)C(C)(C)C. The van der Waals surface area contributed by atoms with Crippen molar-refractivity contribution >= 4 is 44.3 Å². The average Bonchev–Trinajstić information content (AvgIpc) is 3.46. The van der Waals surface area contributed by atoms with Crippen molar-refractivity contribution in [2.24, 2.45) is 11.3 Å². The van der Waals surface area contributed by atoms with Gasteiger partial charge in [-0.15, -0.1) is 0 Å². The predicted octanol–water partition coefficient (Wildman–Crippen LogP) is 1.17. The highest BCUT2D eigenvalue weighted by Gasteiger charge is 2.56. The minimum atomic E-state index is -3.63. The fraction of sp³-hybridized carbons (Fsp3) is 0.556. The lowest BCUT2D eigenvalue weighted by atomic mass is 9.85. The van der Waals surface area contributed by atoms with Crippen LogP contribution in [0.4, 0.5) is 5.69 Å². The summed E-state index contributed by atoms with van der Waals surface area (Å²) < 4.78 is 26.7. The first kappa shape index (κ1) is 28.9. The number of amides is 3. The van der Waals surface area contributed by atoms with Crippen LogP contribution in [0, 0.1) is 11.3 Å². The van der Waals surface area contributed by atoms with Crippen LogP contribution in [0.15, 0.2) is 36.5 Å². The Morgan fingerprint density at radius 2 is 1.85 bits per heavy atom. The summed E-state index contributed by atoms with van der Waals surface area (Å²) in [5.74, 6) is -1.82. The quantitative estimate of drug-likeness (QED) is 0.463. The first-order valence-corrected chi connectivity index (χ1v) is 15.0. The molecule has 1 aromatic carbocycles. The Morgan fingerprint density at radius 1 is 1.15 bits per heavy atom. The van der Waals surface area contributed by atoms with Crippen LogP contribution in [-0.4, -0.2) is 90.9 Å². The van der Waals surface area contributed by atoms with Crippen LogP contribution >= 0.6 is 0 Å². The van der Waals surface area contributed by atoms with Crippen LogP contribution in [-0.2, 0) is 24.4 Å². The summed E-state index contributed by atoms with van der Waals surface area (Å²) in [6, 6.07) is 6.78. The number of para-hydroxylation sites is 1. The monoisotopic (exact) mass is 558 g/mol. The zero-order valence-corrected chi connectivity index (χ0v) is 24.1. The van der Waals surface area contributed by atoms with E-state index >= 15 is 0 Å². The molecule has 3 amide bonds. The Hall–Kier alpha value is -3.09. The number of anilines is 1. The van der Waals surface area contributed by atoms with E-state index in [1.807, 2.05) is 51.1 Å². The second-order valence-electron chi connectivity index (χ2n) is 11.5. The number of pyridine rings is 1. The van der Waals surface area contributed by atoms with Gasteiger partial charge in [-0.3, -0.25) is 19.4 Å². The van der Waals surface area contributed by atoms with Gasteiger partial charge in [-0.2, -0.15) is 4.31 Å². The number of nitrogens with zero attached hydrogens (tertiary/aromatic N) is 3. The van der Waals surface area contributed by atoms with Crippen molar-refractivity contribution in [1.82, 2.24) is 24.8 Å². The van der Waals surface area contributed by atoms with Crippen LogP contribution in [0.3, 0.4) is 0 Å². The maximum Gasteiger partial charge on any atom is 0.246 e. The third-order valence-corrected chi connectivity index (χ3v) is 8.98. The van der Waals surface area contributed by atoms with E-state index in [4.69, 9.17) is 0 Å². The van der Waals surface area contributed by atoms with Crippen LogP contribution < -0.4 is 16.0 Å². The van der Waals surface area contributed by atoms with Crippen molar-refractivity contribution in [2.45, 2.75) is 58.3 Å². The molecule has 2 aromatic rings. The topological polar surface area (TPSA) is 141 Å². The van der Waals surface area contributed by atoms with E-state index < -0.39 is 45.5 Å². The van der Waals surface area contributed by atoms with Gasteiger partial charge in [0.25, 0.3) is 0 Å². The van der Waals surface area contributed by atoms with Crippen molar-refractivity contribution in [3.8, 4) is 0 Å². The Labute approximate surface area is 229 Å². The Balaban J connectivity index is 1.63. The number of carbonyl (C=O) groups is 3. The molecule has 0 aliphatic carbocycles. The number of nitrogens with one attached hydrogen (secondary N) is 3. The molecule has 39 heavy (non-hydrogen) atoms. The molecule has 2 aliphatic rings. The van der Waals surface area contributed by atoms with Crippen LogP contribution in [0.1, 0.15) is 34.1 Å². The third-order valence-electron chi connectivity index (χ3n) is 7.71. The number of carbonyl (C=O) groups excluding carboxylic acids is 3. The molecule has 0 saturated carbocycles. The van der Waals surface area contributed by atoms with Crippen molar-refractivity contribution in [3.63, 3.8) is 0 Å². The van der Waals surface area contributed by atoms with Gasteiger partial charge in [0.05, 0.1) is 41.7 Å². The van der Waals surface area contributed by atoms with Gasteiger partial charge in [-0.05, 0) is 37.9 Å². The summed E-state index contributed by atoms with van der Waals surface area (Å²) in [4.78, 5) is 46.3. The molecule has 4 rings (SSSR count). The number of aromatic nitrogens is 1. The standard InChI is InChI=1S/C27H38N6O5S/c1-16(28-5)24(34)31-23(27(2,3)4)26(36)32-12-11-21-22(32)19(15-33(21)39(6,37)38)25(35)30-18-13-17-9-7-8-10-20(17)29-14-18/h7-10,13-14,16,19,21-23,28H,11-12,15H2,1-6H3,(H,30,35)(H,31,34). The van der Waals surface area contributed by atoms with Gasteiger partial charge in [0.2, 0.25) is 27.7 Å². The number of hydrogen-bond donors (Lipinski definition) is 3. The van der Waals surface area contributed by atoms with Gasteiger partial charge in [-0.1, -0.05) is 39.0 Å². The third kappa shape index (κ3) is 5.92. The smallest absolute Gasteiger partial charge is 0.246 e. The number of fused-ring (bicyclic) bond motifs is 2. The molecule has 3 N–H and O–H groups in total. The van der Waals surface area contributed by atoms with E-state index in [0.717, 1.165) is 17.2 Å². The molecule has 0 radical (unpaired) electrons. The summed E-state index contributed by atoms with van der Waals surface area (Å²) >= 11 is 0. The first-order valence-electron chi connectivity index (χ1n) is 13.1. The van der Waals surface area contributed by atoms with Crippen molar-refractivity contribution in [2.75, 3.05) is 31.7 Å². The Morgan fingerprint density at radius 3 is 2.49 bits per heavy atom. The van der Waals surface area contributed by atoms with E-state index in [-0.39, 0.29) is 30.8 Å². The van der Waals surface area contributed by atoms with Crippen molar-refractivity contribution in [3.05, 3.63) is 36.5 Å². The molecule has 5 unspecified atom stereocenters. The largest absolute Gasteiger partial charge is 0.342 e. The fourth-order valence-electron chi connectivity index (χ4n) is 5.50. The predicted molar refractivity (Wildman–Crippen MR) is 149 cm³/mol. The first-order chi connectivity index (χ1) is 18.2. The van der Waals surface area contributed by atoms with Gasteiger partial charge in [0.1, 0.15) is 6.04 Å². The summed E-state index contributed by atoms with van der Waals surface area (Å²) in [5, 5.41) is 9.50. The van der Waals surface area contributed by atoms with E-state index in [0.29, 0.717) is 12.1 Å². The molecule has 5 atom stereocenters. The van der Waals surface area contributed by atoms with Gasteiger partial charge < -0.3 is 20.9 Å². The molecule has 2 fully saturated rings. The fourth-order valence-corrected chi connectivity index (χ4v) is 6.65. The summed E-state index contributed by atoms with van der Waals surface area (Å²) in [5.41, 5.74) is 0.655. The minimum absolute atomic E-state index is 0.0336. The Bertz CT molecular complexity index is 1370. The highest BCUT2D eigenvalue weighted by Crippen LogP contribution is 2.39. The molecule has 11 nitrogen and oxygen atoms in total. The number of rotatable bonds is 7. The summed E-state index contributed by atoms with van der Waals surface area (Å²) in [7, 11) is -1.97. The summed E-state index contributed by atoms with van der Waals surface area (Å²) in [6.45, 7) is 7.54. The number of benzene rings is 1. The molecule has 0 bridgehead atoms. The lowest BCUT2D eigenvalue weighted by Gasteiger charge is -2.37.